The van der Waals surface area contributed by atoms with Crippen LogP contribution in [0.25, 0.3) is 0 Å². The Hall–Kier alpha value is -0.380. The lowest BCUT2D eigenvalue weighted by atomic mass is 10.0. The SMILES string of the molecule is CN=C(NCCSC)N1CCC(N(CC2CC2)C(=O)OC(C)(C)C)CC1.I. The van der Waals surface area contributed by atoms with Crippen LogP contribution in [0.5, 0.6) is 0 Å². The van der Waals surface area contributed by atoms with E-state index in [4.69, 9.17) is 4.74 Å². The predicted molar refractivity (Wildman–Crippen MR) is 125 cm³/mol. The Balaban J connectivity index is 0.00000364. The quantitative estimate of drug-likeness (QED) is 0.255. The Morgan fingerprint density at radius 1 is 1.26 bits per heavy atom. The summed E-state index contributed by atoms with van der Waals surface area (Å²) >= 11 is 1.83. The molecule has 0 radical (unpaired) electrons. The highest BCUT2D eigenvalue weighted by Gasteiger charge is 2.35. The third kappa shape index (κ3) is 8.66. The van der Waals surface area contributed by atoms with Crippen LogP contribution in [0.4, 0.5) is 4.79 Å². The highest BCUT2D eigenvalue weighted by Crippen LogP contribution is 2.32. The van der Waals surface area contributed by atoms with Crippen molar-refractivity contribution in [3.05, 3.63) is 0 Å². The van der Waals surface area contributed by atoms with Gasteiger partial charge in [-0.3, -0.25) is 4.99 Å². The van der Waals surface area contributed by atoms with E-state index in [1.165, 1.54) is 12.8 Å². The van der Waals surface area contributed by atoms with E-state index >= 15 is 0 Å². The highest BCUT2D eigenvalue weighted by atomic mass is 127. The van der Waals surface area contributed by atoms with E-state index < -0.39 is 5.60 Å². The summed E-state index contributed by atoms with van der Waals surface area (Å²) in [6.45, 7) is 9.44. The third-order valence-corrected chi connectivity index (χ3v) is 5.40. The van der Waals surface area contributed by atoms with Crippen molar-refractivity contribution in [1.29, 1.82) is 0 Å². The molecule has 0 unspecified atom stereocenters. The Bertz CT molecular complexity index is 487. The second-order valence-corrected chi connectivity index (χ2v) is 9.25. The van der Waals surface area contributed by atoms with Crippen molar-refractivity contribution in [2.75, 3.05) is 45.2 Å². The molecule has 1 aliphatic heterocycles. The number of likely N-dealkylation sites (tertiary alicyclic amines) is 1. The van der Waals surface area contributed by atoms with Gasteiger partial charge in [0.1, 0.15) is 5.60 Å². The van der Waals surface area contributed by atoms with E-state index in [-0.39, 0.29) is 36.1 Å². The number of ether oxygens (including phenoxy) is 1. The maximum atomic E-state index is 12.7. The molecule has 0 bridgehead atoms. The lowest BCUT2D eigenvalue weighted by Gasteiger charge is -2.40. The molecule has 1 amide bonds. The molecule has 0 aromatic rings. The molecule has 0 atom stereocenters. The summed E-state index contributed by atoms with van der Waals surface area (Å²) in [4.78, 5) is 21.4. The molecule has 1 saturated heterocycles. The average molecular weight is 513 g/mol. The van der Waals surface area contributed by atoms with Crippen molar-refractivity contribution in [3.8, 4) is 0 Å². The maximum Gasteiger partial charge on any atom is 0.410 e. The van der Waals surface area contributed by atoms with E-state index in [1.807, 2.05) is 44.5 Å². The first-order valence-electron chi connectivity index (χ1n) is 9.78. The van der Waals surface area contributed by atoms with Crippen LogP contribution in [0.1, 0.15) is 46.5 Å². The number of nitrogens with one attached hydrogen (secondary N) is 1. The summed E-state index contributed by atoms with van der Waals surface area (Å²) in [6.07, 6.45) is 6.38. The van der Waals surface area contributed by atoms with Crippen molar-refractivity contribution in [3.63, 3.8) is 0 Å². The molecule has 1 aliphatic carbocycles. The minimum atomic E-state index is -0.442. The van der Waals surface area contributed by atoms with Gasteiger partial charge in [-0.2, -0.15) is 11.8 Å². The van der Waals surface area contributed by atoms with Crippen LogP contribution in [0, 0.1) is 5.92 Å². The van der Waals surface area contributed by atoms with Crippen molar-refractivity contribution in [2.45, 2.75) is 58.1 Å². The molecule has 1 heterocycles. The van der Waals surface area contributed by atoms with Crippen LogP contribution < -0.4 is 5.32 Å². The van der Waals surface area contributed by atoms with E-state index in [9.17, 15) is 4.79 Å². The lowest BCUT2D eigenvalue weighted by Crippen LogP contribution is -2.52. The number of carbonyl (C=O) groups is 1. The Morgan fingerprint density at radius 3 is 2.37 bits per heavy atom. The van der Waals surface area contributed by atoms with Crippen molar-refractivity contribution in [2.24, 2.45) is 10.9 Å². The zero-order valence-corrected chi connectivity index (χ0v) is 20.6. The first-order chi connectivity index (χ1) is 12.3. The molecule has 8 heteroatoms. The standard InChI is InChI=1S/C19H36N4O2S.HI/c1-19(2,3)25-18(24)23(14-15-6-7-15)16-8-11-22(12-9-16)17(20-4)21-10-13-26-5;/h15-16H,6-14H2,1-5H3,(H,20,21);1H. The molecule has 2 rings (SSSR count). The zero-order valence-electron chi connectivity index (χ0n) is 17.5. The lowest BCUT2D eigenvalue weighted by molar-refractivity contribution is 0.00929. The molecule has 6 nitrogen and oxygen atoms in total. The third-order valence-electron chi connectivity index (χ3n) is 4.79. The highest BCUT2D eigenvalue weighted by molar-refractivity contribution is 14.0. The van der Waals surface area contributed by atoms with Gasteiger partial charge in [0.15, 0.2) is 5.96 Å². The number of nitrogens with zero attached hydrogens (tertiary/aromatic N) is 3. The van der Waals surface area contributed by atoms with Crippen LogP contribution in [0.2, 0.25) is 0 Å². The van der Waals surface area contributed by atoms with Gasteiger partial charge in [-0.05, 0) is 58.6 Å². The number of hydrogen-bond donors (Lipinski definition) is 1. The first kappa shape index (κ1) is 24.7. The molecule has 0 spiro atoms. The smallest absolute Gasteiger partial charge is 0.410 e. The average Bonchev–Trinajstić information content (AvgIpc) is 3.40. The summed E-state index contributed by atoms with van der Waals surface area (Å²) in [6, 6.07) is 0.269. The fourth-order valence-corrected chi connectivity index (χ4v) is 3.56. The molecule has 0 aromatic carbocycles. The van der Waals surface area contributed by atoms with Gasteiger partial charge in [-0.1, -0.05) is 0 Å². The topological polar surface area (TPSA) is 57.2 Å². The number of hydrogen-bond acceptors (Lipinski definition) is 4. The monoisotopic (exact) mass is 512 g/mol. The normalized spacial score (nSPS) is 18.7. The summed E-state index contributed by atoms with van der Waals surface area (Å²) in [5, 5.41) is 3.43. The summed E-state index contributed by atoms with van der Waals surface area (Å²) in [7, 11) is 1.84. The molecule has 2 aliphatic rings. The number of rotatable bonds is 6. The van der Waals surface area contributed by atoms with Crippen molar-refractivity contribution < 1.29 is 9.53 Å². The van der Waals surface area contributed by atoms with E-state index in [1.54, 1.807) is 0 Å². The number of halogens is 1. The first-order valence-corrected chi connectivity index (χ1v) is 11.2. The molecular formula is C19H37IN4O2S. The molecule has 2 fully saturated rings. The van der Waals surface area contributed by atoms with Gasteiger partial charge in [-0.15, -0.1) is 24.0 Å². The van der Waals surface area contributed by atoms with E-state index in [2.05, 4.69) is 21.5 Å². The second kappa shape index (κ2) is 11.6. The van der Waals surface area contributed by atoms with Crippen LogP contribution in [-0.4, -0.2) is 78.7 Å². The van der Waals surface area contributed by atoms with Gasteiger partial charge in [0.05, 0.1) is 0 Å². The Morgan fingerprint density at radius 2 is 1.89 bits per heavy atom. The molecule has 1 saturated carbocycles. The van der Waals surface area contributed by atoms with Gasteiger partial charge < -0.3 is 19.9 Å². The van der Waals surface area contributed by atoms with Crippen LogP contribution in [0.15, 0.2) is 4.99 Å². The van der Waals surface area contributed by atoms with Crippen molar-refractivity contribution >= 4 is 47.8 Å². The van der Waals surface area contributed by atoms with E-state index in [0.29, 0.717) is 5.92 Å². The number of amides is 1. The minimum Gasteiger partial charge on any atom is -0.444 e. The second-order valence-electron chi connectivity index (χ2n) is 8.26. The summed E-state index contributed by atoms with van der Waals surface area (Å²) < 4.78 is 5.68. The Labute approximate surface area is 186 Å². The Kier molecular flexibility index (Phi) is 10.6. The molecule has 1 N–H and O–H groups in total. The van der Waals surface area contributed by atoms with Crippen LogP contribution in [0.3, 0.4) is 0 Å². The van der Waals surface area contributed by atoms with Gasteiger partial charge in [-0.25, -0.2) is 4.79 Å². The van der Waals surface area contributed by atoms with Gasteiger partial charge in [0.2, 0.25) is 0 Å². The van der Waals surface area contributed by atoms with E-state index in [0.717, 1.165) is 50.7 Å². The molecule has 158 valence electrons. The zero-order chi connectivity index (χ0) is 19.2. The fraction of sp³-hybridized carbons (Fsp3) is 0.895. The summed E-state index contributed by atoms with van der Waals surface area (Å²) in [5.74, 6) is 2.72. The number of thioether (sulfide) groups is 1. The van der Waals surface area contributed by atoms with Gasteiger partial charge in [0.25, 0.3) is 0 Å². The molecule has 0 aromatic heterocycles. The number of piperidine rings is 1. The minimum absolute atomic E-state index is 0. The maximum absolute atomic E-state index is 12.7. The van der Waals surface area contributed by atoms with Gasteiger partial charge >= 0.3 is 6.09 Å². The number of carbonyl (C=O) groups excluding carboxylic acids is 1. The van der Waals surface area contributed by atoms with Crippen molar-refractivity contribution in [1.82, 2.24) is 15.1 Å². The fourth-order valence-electron chi connectivity index (χ4n) is 3.26. The van der Waals surface area contributed by atoms with Gasteiger partial charge in [0, 0.05) is 45.0 Å². The number of aliphatic imine (C=N–C) groups is 1. The van der Waals surface area contributed by atoms with Crippen LogP contribution >= 0.6 is 35.7 Å². The number of guanidine groups is 1. The van der Waals surface area contributed by atoms with Crippen LogP contribution in [-0.2, 0) is 4.74 Å². The predicted octanol–water partition coefficient (Wildman–Crippen LogP) is 3.65. The summed E-state index contributed by atoms with van der Waals surface area (Å²) in [5.41, 5.74) is -0.442. The molecule has 27 heavy (non-hydrogen) atoms. The largest absolute Gasteiger partial charge is 0.444 e. The molecular weight excluding hydrogens is 475 g/mol.